The zero-order chi connectivity index (χ0) is 21.9. The largest absolute Gasteiger partial charge is 0.405 e. The molecule has 0 spiro atoms. The van der Waals surface area contributed by atoms with Crippen molar-refractivity contribution in [2.24, 2.45) is 5.92 Å². The fourth-order valence-corrected chi connectivity index (χ4v) is 3.46. The molecule has 1 fully saturated rings. The summed E-state index contributed by atoms with van der Waals surface area (Å²) in [5, 5.41) is 4.35. The van der Waals surface area contributed by atoms with E-state index < -0.39 is 30.5 Å². The minimum absolute atomic E-state index is 0.0131. The van der Waals surface area contributed by atoms with Crippen molar-refractivity contribution in [1.29, 1.82) is 0 Å². The van der Waals surface area contributed by atoms with Crippen molar-refractivity contribution in [3.05, 3.63) is 58.6 Å². The van der Waals surface area contributed by atoms with Gasteiger partial charge in [-0.15, -0.1) is 0 Å². The van der Waals surface area contributed by atoms with Gasteiger partial charge < -0.3 is 15.5 Å². The molecule has 1 saturated heterocycles. The lowest BCUT2D eigenvalue weighted by atomic mass is 10.1. The third-order valence-corrected chi connectivity index (χ3v) is 4.99. The molecule has 0 bridgehead atoms. The van der Waals surface area contributed by atoms with Gasteiger partial charge in [-0.3, -0.25) is 14.4 Å². The van der Waals surface area contributed by atoms with E-state index in [-0.39, 0.29) is 30.1 Å². The van der Waals surface area contributed by atoms with Gasteiger partial charge in [0.2, 0.25) is 11.8 Å². The minimum Gasteiger partial charge on any atom is -0.343 e. The van der Waals surface area contributed by atoms with Crippen LogP contribution in [0.4, 0.5) is 24.5 Å². The van der Waals surface area contributed by atoms with Crippen LogP contribution in [0.2, 0.25) is 0 Å². The number of anilines is 2. The van der Waals surface area contributed by atoms with Crippen LogP contribution in [0, 0.1) is 5.92 Å². The van der Waals surface area contributed by atoms with Crippen LogP contribution in [0.1, 0.15) is 16.8 Å². The number of hydrogen-bond acceptors (Lipinski definition) is 3. The molecule has 1 unspecified atom stereocenters. The van der Waals surface area contributed by atoms with Gasteiger partial charge in [0.05, 0.1) is 17.2 Å². The normalized spacial score (nSPS) is 16.5. The Morgan fingerprint density at radius 1 is 1.13 bits per heavy atom. The van der Waals surface area contributed by atoms with Crippen LogP contribution in [-0.4, -0.2) is 37.0 Å². The van der Waals surface area contributed by atoms with Crippen LogP contribution in [-0.2, 0) is 9.59 Å². The predicted molar refractivity (Wildman–Crippen MR) is 108 cm³/mol. The molecule has 2 aromatic carbocycles. The summed E-state index contributed by atoms with van der Waals surface area (Å²) in [5.41, 5.74) is 0.635. The summed E-state index contributed by atoms with van der Waals surface area (Å²) in [4.78, 5) is 38.7. The smallest absolute Gasteiger partial charge is 0.343 e. The van der Waals surface area contributed by atoms with E-state index in [2.05, 4.69) is 21.2 Å². The Morgan fingerprint density at radius 2 is 1.87 bits per heavy atom. The first kappa shape index (κ1) is 21.8. The van der Waals surface area contributed by atoms with Gasteiger partial charge >= 0.3 is 6.18 Å². The molecule has 6 nitrogen and oxygen atoms in total. The van der Waals surface area contributed by atoms with Gasteiger partial charge in [0, 0.05) is 23.1 Å². The van der Waals surface area contributed by atoms with E-state index in [4.69, 9.17) is 0 Å². The Morgan fingerprint density at radius 3 is 2.57 bits per heavy atom. The van der Waals surface area contributed by atoms with Gasteiger partial charge in [0.15, 0.2) is 0 Å². The average molecular weight is 484 g/mol. The number of halogens is 4. The van der Waals surface area contributed by atoms with E-state index in [1.165, 1.54) is 23.1 Å². The highest BCUT2D eigenvalue weighted by molar-refractivity contribution is 9.10. The zero-order valence-electron chi connectivity index (χ0n) is 15.5. The summed E-state index contributed by atoms with van der Waals surface area (Å²) in [6.45, 7) is -1.32. The van der Waals surface area contributed by atoms with Crippen LogP contribution in [0.3, 0.4) is 0 Å². The van der Waals surface area contributed by atoms with Gasteiger partial charge in [-0.25, -0.2) is 0 Å². The molecular formula is C20H17BrF3N3O3. The van der Waals surface area contributed by atoms with E-state index in [0.717, 1.165) is 4.47 Å². The Bertz CT molecular complexity index is 981. The third kappa shape index (κ3) is 5.38. The number of para-hydroxylation sites is 1. The molecule has 3 amide bonds. The van der Waals surface area contributed by atoms with E-state index >= 15 is 0 Å². The number of nitrogens with one attached hydrogen (secondary N) is 2. The quantitative estimate of drug-likeness (QED) is 0.679. The molecule has 158 valence electrons. The SMILES string of the molecule is O=C(NCC(F)(F)F)c1ccccc1NC(=O)C1CC(=O)N(c2cccc(Br)c2)C1. The van der Waals surface area contributed by atoms with E-state index in [1.807, 2.05) is 6.07 Å². The number of hydrogen-bond donors (Lipinski definition) is 2. The Balaban J connectivity index is 1.69. The Hall–Kier alpha value is -2.88. The maximum Gasteiger partial charge on any atom is 0.405 e. The Kier molecular flexibility index (Phi) is 6.45. The molecule has 1 heterocycles. The third-order valence-electron chi connectivity index (χ3n) is 4.49. The fourth-order valence-electron chi connectivity index (χ4n) is 3.08. The van der Waals surface area contributed by atoms with Crippen molar-refractivity contribution < 1.29 is 27.6 Å². The maximum absolute atomic E-state index is 12.7. The summed E-state index contributed by atoms with van der Waals surface area (Å²) in [7, 11) is 0. The topological polar surface area (TPSA) is 78.5 Å². The first-order valence-electron chi connectivity index (χ1n) is 8.95. The Labute approximate surface area is 178 Å². The molecule has 0 aromatic heterocycles. The highest BCUT2D eigenvalue weighted by atomic mass is 79.9. The lowest BCUT2D eigenvalue weighted by Crippen LogP contribution is -2.34. The summed E-state index contributed by atoms with van der Waals surface area (Å²) in [5.74, 6) is -2.33. The van der Waals surface area contributed by atoms with Crippen LogP contribution in [0.15, 0.2) is 53.0 Å². The number of benzene rings is 2. The second-order valence-electron chi connectivity index (χ2n) is 6.72. The first-order valence-corrected chi connectivity index (χ1v) is 9.74. The van der Waals surface area contributed by atoms with E-state index in [9.17, 15) is 27.6 Å². The number of amides is 3. The second-order valence-corrected chi connectivity index (χ2v) is 7.63. The summed E-state index contributed by atoms with van der Waals surface area (Å²) < 4.78 is 37.9. The summed E-state index contributed by atoms with van der Waals surface area (Å²) in [6.07, 6.45) is -4.56. The van der Waals surface area contributed by atoms with Gasteiger partial charge in [0.1, 0.15) is 6.54 Å². The number of rotatable bonds is 5. The lowest BCUT2D eigenvalue weighted by molar-refractivity contribution is -0.123. The molecule has 3 rings (SSSR count). The fraction of sp³-hybridized carbons (Fsp3) is 0.250. The van der Waals surface area contributed by atoms with Crippen molar-refractivity contribution in [1.82, 2.24) is 5.32 Å². The minimum atomic E-state index is -4.55. The maximum atomic E-state index is 12.7. The molecule has 0 aliphatic carbocycles. The molecule has 1 aliphatic rings. The van der Waals surface area contributed by atoms with Crippen LogP contribution in [0.5, 0.6) is 0 Å². The van der Waals surface area contributed by atoms with Crippen LogP contribution < -0.4 is 15.5 Å². The van der Waals surface area contributed by atoms with Gasteiger partial charge in [-0.2, -0.15) is 13.2 Å². The molecule has 2 N–H and O–H groups in total. The van der Waals surface area contributed by atoms with Crippen LogP contribution in [0.25, 0.3) is 0 Å². The molecule has 0 saturated carbocycles. The summed E-state index contributed by atoms with van der Waals surface area (Å²) >= 11 is 3.34. The number of alkyl halides is 3. The first-order chi connectivity index (χ1) is 14.1. The monoisotopic (exact) mass is 483 g/mol. The zero-order valence-corrected chi connectivity index (χ0v) is 17.1. The van der Waals surface area contributed by atoms with Crippen molar-refractivity contribution in [2.45, 2.75) is 12.6 Å². The predicted octanol–water partition coefficient (Wildman–Crippen LogP) is 3.73. The molecule has 2 aromatic rings. The molecule has 10 heteroatoms. The van der Waals surface area contributed by atoms with Gasteiger partial charge in [-0.1, -0.05) is 34.1 Å². The van der Waals surface area contributed by atoms with E-state index in [1.54, 1.807) is 29.6 Å². The number of nitrogens with zero attached hydrogens (tertiary/aromatic N) is 1. The average Bonchev–Trinajstić information content (AvgIpc) is 3.08. The van der Waals surface area contributed by atoms with Crippen molar-refractivity contribution in [3.8, 4) is 0 Å². The molecule has 30 heavy (non-hydrogen) atoms. The van der Waals surface area contributed by atoms with Crippen molar-refractivity contribution in [3.63, 3.8) is 0 Å². The standard InChI is InChI=1S/C20H17BrF3N3O3/c21-13-4-3-5-14(9-13)27-10-12(8-17(27)28)18(29)26-16-7-2-1-6-15(16)19(30)25-11-20(22,23)24/h1-7,9,12H,8,10-11H2,(H,25,30)(H,26,29). The van der Waals surface area contributed by atoms with Crippen molar-refractivity contribution >= 4 is 45.0 Å². The molecule has 1 aliphatic heterocycles. The lowest BCUT2D eigenvalue weighted by Gasteiger charge is -2.17. The van der Waals surface area contributed by atoms with Gasteiger partial charge in [0.25, 0.3) is 5.91 Å². The molecule has 0 radical (unpaired) electrons. The van der Waals surface area contributed by atoms with Crippen LogP contribution >= 0.6 is 15.9 Å². The number of carbonyl (C=O) groups is 3. The summed E-state index contributed by atoms with van der Waals surface area (Å²) in [6, 6.07) is 12.9. The number of carbonyl (C=O) groups excluding carboxylic acids is 3. The molecular weight excluding hydrogens is 467 g/mol. The molecule has 1 atom stereocenters. The van der Waals surface area contributed by atoms with Crippen molar-refractivity contribution in [2.75, 3.05) is 23.3 Å². The second kappa shape index (κ2) is 8.86. The van der Waals surface area contributed by atoms with Gasteiger partial charge in [-0.05, 0) is 30.3 Å². The highest BCUT2D eigenvalue weighted by Crippen LogP contribution is 2.28. The highest BCUT2D eigenvalue weighted by Gasteiger charge is 2.35. The van der Waals surface area contributed by atoms with E-state index in [0.29, 0.717) is 5.69 Å².